The number of hydrogen-bond donors (Lipinski definition) is 14. The van der Waals surface area contributed by atoms with Crippen molar-refractivity contribution in [1.29, 1.82) is 0 Å². The zero-order valence-electron chi connectivity index (χ0n) is 54.5. The number of carbonyl (C=O) groups excluding carboxylic acids is 8. The molecule has 14 N–H and O–H groups in total. The lowest BCUT2D eigenvalue weighted by atomic mass is 9.89. The van der Waals surface area contributed by atoms with Crippen LogP contribution in [0.15, 0.2) is 85.1 Å². The van der Waals surface area contributed by atoms with Crippen LogP contribution in [0, 0.1) is 5.92 Å². The van der Waals surface area contributed by atoms with Gasteiger partial charge < -0.3 is 82.7 Å². The second kappa shape index (κ2) is 35.6. The smallest absolute Gasteiger partial charge is 0.407 e. The summed E-state index contributed by atoms with van der Waals surface area (Å²) in [4.78, 5) is 164. The highest BCUT2D eigenvalue weighted by Gasteiger charge is 2.46. The van der Waals surface area contributed by atoms with Crippen LogP contribution in [0.4, 0.5) is 4.79 Å². The van der Waals surface area contributed by atoms with Crippen LogP contribution >= 0.6 is 0 Å². The van der Waals surface area contributed by atoms with Crippen molar-refractivity contribution in [2.75, 3.05) is 111 Å². The molecule has 4 aromatic rings. The minimum Gasteiger partial charge on any atom is -0.508 e. The van der Waals surface area contributed by atoms with Crippen LogP contribution in [-0.4, -0.2) is 280 Å². The third-order valence-electron chi connectivity index (χ3n) is 18.0. The van der Waals surface area contributed by atoms with E-state index in [-0.39, 0.29) is 129 Å². The number of rotatable bonds is 21. The van der Waals surface area contributed by atoms with E-state index in [1.54, 1.807) is 75.2 Å². The first kappa shape index (κ1) is 73.5. The number of benzene rings is 3. The number of piperidine rings is 1. The molecule has 0 radical (unpaired) electrons. The Labute approximate surface area is 560 Å². The molecule has 3 aromatic carbocycles. The highest BCUT2D eigenvalue weighted by molar-refractivity contribution is 5.99. The second-order valence-corrected chi connectivity index (χ2v) is 25.3. The Morgan fingerprint density at radius 3 is 1.68 bits per heavy atom. The molecule has 31 nitrogen and oxygen atoms in total. The van der Waals surface area contributed by atoms with E-state index in [9.17, 15) is 59.1 Å². The number of fused-ring (bicyclic) bond motifs is 2. The maximum absolute atomic E-state index is 15.4. The van der Waals surface area contributed by atoms with E-state index in [0.717, 1.165) is 15.8 Å². The van der Waals surface area contributed by atoms with Gasteiger partial charge in [0.05, 0.1) is 38.8 Å². The first-order valence-electron chi connectivity index (χ1n) is 32.8. The van der Waals surface area contributed by atoms with Gasteiger partial charge in [-0.3, -0.25) is 67.5 Å². The standard InChI is InChI=1S/C66H90N14O17/c1-40(48-34-70-49-11-7-6-10-47(48)49)58-63(93)72-51(31-44-16-18-67-19-17-44)61(91)75-59(41(2)81)64(94)73-52(32-42-8-4-3-5-9-42)65(95)80-35-46(33-53(80)62(92)71-50(60(90)74-58)30-43-12-14-45(82)15-13-43)97-66(96)69-21-20-68-54(83)36-76-22-24-77(37-55(84)85)26-28-79(39-57(88)89)29-27-78(25-23-76)38-56(86)87/h3-15,34,40-41,44,46,50-53,58-59,67,70,81-82H,16-33,35-39H2,1-2H3,(H,68,83)(H,69,96)(H,71,92)(H,72,93)(H,73,94)(H,74,90)(H,75,91)(H,84,85)(H,86,87)(H,88,89)/t40-,41+,46+,50-,51-,52-,53-,58+,59-/m0/s1. The van der Waals surface area contributed by atoms with Gasteiger partial charge in [-0.2, -0.15) is 0 Å². The summed E-state index contributed by atoms with van der Waals surface area (Å²) >= 11 is 0. The van der Waals surface area contributed by atoms with Gasteiger partial charge in [-0.15, -0.1) is 0 Å². The Balaban J connectivity index is 1.04. The van der Waals surface area contributed by atoms with Crippen LogP contribution < -0.4 is 42.5 Å². The number of aromatic hydroxyl groups is 1. The summed E-state index contributed by atoms with van der Waals surface area (Å²) in [5.74, 6) is -9.94. The number of nitrogens with zero attached hydrogens (tertiary/aromatic N) is 5. The Bertz CT molecular complexity index is 3360. The van der Waals surface area contributed by atoms with Crippen molar-refractivity contribution < 1.29 is 83.0 Å². The number of aromatic amines is 1. The third kappa shape index (κ3) is 22.1. The topological polar surface area (TPSA) is 426 Å². The number of phenolic OH excluding ortho intramolecular Hbond substituents is 1. The quantitative estimate of drug-likeness (QED) is 0.0400. The van der Waals surface area contributed by atoms with Crippen molar-refractivity contribution in [2.45, 2.75) is 107 Å². The second-order valence-electron chi connectivity index (χ2n) is 25.3. The molecular weight excluding hydrogens is 1260 g/mol. The van der Waals surface area contributed by atoms with Crippen molar-refractivity contribution >= 4 is 76.3 Å². The number of phenols is 1. The van der Waals surface area contributed by atoms with Crippen molar-refractivity contribution in [2.24, 2.45) is 5.92 Å². The number of aliphatic hydroxyl groups is 1. The average molecular weight is 1350 g/mol. The summed E-state index contributed by atoms with van der Waals surface area (Å²) < 4.78 is 5.87. The van der Waals surface area contributed by atoms with E-state index in [2.05, 4.69) is 47.5 Å². The van der Waals surface area contributed by atoms with Crippen molar-refractivity contribution in [3.8, 4) is 5.75 Å². The monoisotopic (exact) mass is 1350 g/mol. The largest absolute Gasteiger partial charge is 0.508 e. The summed E-state index contributed by atoms with van der Waals surface area (Å²) in [6.07, 6.45) is -1.43. The zero-order valence-corrected chi connectivity index (χ0v) is 54.5. The molecule has 4 fully saturated rings. The van der Waals surface area contributed by atoms with Crippen LogP contribution in [0.2, 0.25) is 0 Å². The number of carbonyl (C=O) groups is 11. The van der Waals surface area contributed by atoms with E-state index in [1.165, 1.54) is 19.1 Å². The lowest BCUT2D eigenvalue weighted by Gasteiger charge is -2.33. The number of alkyl carbamates (subject to hydrolysis) is 1. The molecule has 0 aliphatic carbocycles. The van der Waals surface area contributed by atoms with E-state index in [0.29, 0.717) is 42.6 Å². The normalized spacial score (nSPS) is 23.9. The van der Waals surface area contributed by atoms with Crippen molar-refractivity contribution in [3.63, 3.8) is 0 Å². The first-order chi connectivity index (χ1) is 46.5. The Kier molecular flexibility index (Phi) is 27.0. The maximum Gasteiger partial charge on any atom is 0.407 e. The number of nitrogens with one attached hydrogen (secondary N) is 9. The lowest BCUT2D eigenvalue weighted by molar-refractivity contribution is -0.143. The fraction of sp³-hybridized carbons (Fsp3) is 0.530. The van der Waals surface area contributed by atoms with Crippen LogP contribution in [0.3, 0.4) is 0 Å². The number of aliphatic carboxylic acids is 3. The molecule has 5 heterocycles. The highest BCUT2D eigenvalue weighted by Crippen LogP contribution is 2.30. The number of aliphatic hydroxyl groups excluding tert-OH is 1. The van der Waals surface area contributed by atoms with Gasteiger partial charge in [-0.1, -0.05) is 67.6 Å². The molecule has 526 valence electrons. The van der Waals surface area contributed by atoms with Crippen LogP contribution in [0.5, 0.6) is 5.75 Å². The van der Waals surface area contributed by atoms with Gasteiger partial charge >= 0.3 is 24.0 Å². The Hall–Kier alpha value is -9.27. The zero-order chi connectivity index (χ0) is 69.7. The predicted molar refractivity (Wildman–Crippen MR) is 350 cm³/mol. The molecule has 0 unspecified atom stereocenters. The van der Waals surface area contributed by atoms with Gasteiger partial charge in [0.25, 0.3) is 0 Å². The Morgan fingerprint density at radius 2 is 1.08 bits per heavy atom. The van der Waals surface area contributed by atoms with E-state index in [1.807, 2.05) is 24.3 Å². The van der Waals surface area contributed by atoms with Gasteiger partial charge in [-0.05, 0) is 80.1 Å². The molecule has 4 aliphatic heterocycles. The van der Waals surface area contributed by atoms with Crippen molar-refractivity contribution in [3.05, 3.63) is 102 Å². The lowest BCUT2D eigenvalue weighted by Crippen LogP contribution is -2.63. The fourth-order valence-corrected chi connectivity index (χ4v) is 12.8. The molecular formula is C66H90N14O17. The van der Waals surface area contributed by atoms with E-state index >= 15 is 19.2 Å². The number of hydrogen-bond acceptors (Lipinski definition) is 19. The number of carboxylic acid groups (broad SMARTS) is 3. The maximum atomic E-state index is 15.4. The SMILES string of the molecule is C[C@@H](O)[C@@H]1NC(=O)[C@H](CC2CCNCC2)NC(=O)[C@@H]([C@@H](C)c2c[nH]c3ccccc23)NC(=O)[C@H](Cc2ccc(O)cc2)NC(=O)[C@@H]2C[C@@H](OC(=O)NCCNC(=O)CN3CCN(CC(=O)O)CCN(CC(=O)O)CCN(CC(=O)O)CC3)CN2C(=O)[C@H](Cc2ccccc2)NC1=O. The molecule has 0 saturated carbocycles. The van der Waals surface area contributed by atoms with Gasteiger partial charge in [0.15, 0.2) is 0 Å². The predicted octanol–water partition coefficient (Wildman–Crippen LogP) is -2.04. The minimum atomic E-state index is -1.70. The number of ether oxygens (including phenoxy) is 1. The Morgan fingerprint density at radius 1 is 0.577 bits per heavy atom. The summed E-state index contributed by atoms with van der Waals surface area (Å²) in [7, 11) is 0. The molecule has 31 heteroatoms. The number of H-pyrrole nitrogens is 1. The van der Waals surface area contributed by atoms with Crippen LogP contribution in [0.1, 0.15) is 62.1 Å². The molecule has 0 spiro atoms. The summed E-state index contributed by atoms with van der Waals surface area (Å²) in [5.41, 5.74) is 2.39. The summed E-state index contributed by atoms with van der Waals surface area (Å²) in [5, 5.41) is 73.7. The first-order valence-corrected chi connectivity index (χ1v) is 32.8. The number of aromatic nitrogens is 1. The van der Waals surface area contributed by atoms with Gasteiger partial charge in [0, 0.05) is 108 Å². The van der Waals surface area contributed by atoms with Gasteiger partial charge in [-0.25, -0.2) is 4.79 Å². The molecule has 4 saturated heterocycles. The average Bonchev–Trinajstić information content (AvgIpc) is 1.72. The van der Waals surface area contributed by atoms with Gasteiger partial charge in [0.1, 0.15) is 48.1 Å². The minimum absolute atomic E-state index is 0.0828. The van der Waals surface area contributed by atoms with E-state index < -0.39 is 126 Å². The molecule has 8 amide bonds. The highest BCUT2D eigenvalue weighted by atomic mass is 16.6. The van der Waals surface area contributed by atoms with Gasteiger partial charge in [0.2, 0.25) is 41.4 Å². The number of amides is 8. The molecule has 4 aliphatic rings. The van der Waals surface area contributed by atoms with Crippen molar-refractivity contribution in [1.82, 2.24) is 72.0 Å². The fourth-order valence-electron chi connectivity index (χ4n) is 12.8. The van der Waals surface area contributed by atoms with E-state index in [4.69, 9.17) is 4.74 Å². The van der Waals surface area contributed by atoms with Crippen LogP contribution in [-0.2, 0) is 65.5 Å². The van der Waals surface area contributed by atoms with Crippen LogP contribution in [0.25, 0.3) is 10.9 Å². The molecule has 97 heavy (non-hydrogen) atoms. The summed E-state index contributed by atoms with van der Waals surface area (Å²) in [6, 6.07) is 12.8. The molecule has 0 bridgehead atoms. The number of para-hydroxylation sites is 1. The molecule has 8 rings (SSSR count). The number of carboxylic acids is 3. The summed E-state index contributed by atoms with van der Waals surface area (Å²) in [6.45, 7) is 3.74. The molecule has 1 aromatic heterocycles. The molecule has 9 atom stereocenters. The third-order valence-corrected chi connectivity index (χ3v) is 18.0.